The Bertz CT molecular complexity index is 164. The Balaban J connectivity index is 3.26. The summed E-state index contributed by atoms with van der Waals surface area (Å²) in [4.78, 5) is 10.2. The monoisotopic (exact) mass is 221 g/mol. The molecule has 0 aliphatic heterocycles. The van der Waals surface area contributed by atoms with Gasteiger partial charge in [-0.25, -0.2) is 0 Å². The molecule has 0 aliphatic rings. The molecule has 0 unspecified atom stereocenters. The molecule has 0 rings (SSSR count). The molecule has 0 aromatic rings. The number of carboxylic acid groups (broad SMARTS) is 1. The molecule has 4 heteroatoms. The van der Waals surface area contributed by atoms with Crippen LogP contribution in [0.4, 0.5) is 0 Å². The van der Waals surface area contributed by atoms with E-state index in [9.17, 15) is 4.79 Å². The van der Waals surface area contributed by atoms with Gasteiger partial charge in [0.2, 0.25) is 0 Å². The number of hydrogen-bond donors (Lipinski definition) is 2. The number of hydrogen-bond acceptors (Lipinski definition) is 2. The van der Waals surface area contributed by atoms with Crippen molar-refractivity contribution in [1.29, 1.82) is 0 Å². The Hall–Kier alpha value is -0.491. The molecular formula is C7H11NO2Se. The molecule has 0 aromatic carbocycles. The van der Waals surface area contributed by atoms with E-state index in [2.05, 4.69) is 5.92 Å². The van der Waals surface area contributed by atoms with Gasteiger partial charge in [-0.05, 0) is 0 Å². The first kappa shape index (κ1) is 10.5. The second kappa shape index (κ2) is 6.23. The zero-order valence-electron chi connectivity index (χ0n) is 6.12. The molecular weight excluding hydrogens is 209 g/mol. The van der Waals surface area contributed by atoms with Crippen LogP contribution in [0.3, 0.4) is 0 Å². The number of carboxylic acids is 1. The summed E-state index contributed by atoms with van der Waals surface area (Å²) in [7, 11) is 0. The molecule has 11 heavy (non-hydrogen) atoms. The number of nitrogens with two attached hydrogens (primary N) is 1. The molecule has 0 bridgehead atoms. The zero-order chi connectivity index (χ0) is 8.69. The van der Waals surface area contributed by atoms with Crippen molar-refractivity contribution in [3.05, 3.63) is 0 Å². The molecule has 0 fully saturated rings. The van der Waals surface area contributed by atoms with Gasteiger partial charge in [-0.15, -0.1) is 0 Å². The number of aliphatic carboxylic acids is 1. The van der Waals surface area contributed by atoms with Gasteiger partial charge in [-0.2, -0.15) is 0 Å². The summed E-state index contributed by atoms with van der Waals surface area (Å²) >= 11 is 0.363. The van der Waals surface area contributed by atoms with Crippen LogP contribution in [-0.4, -0.2) is 32.1 Å². The molecule has 0 heterocycles. The van der Waals surface area contributed by atoms with Gasteiger partial charge in [0.25, 0.3) is 0 Å². The van der Waals surface area contributed by atoms with Crippen LogP contribution in [0.5, 0.6) is 0 Å². The van der Waals surface area contributed by atoms with E-state index in [1.54, 1.807) is 0 Å². The van der Waals surface area contributed by atoms with Gasteiger partial charge in [0.1, 0.15) is 0 Å². The van der Waals surface area contributed by atoms with Gasteiger partial charge in [-0.3, -0.25) is 0 Å². The molecule has 0 spiro atoms. The predicted molar refractivity (Wildman–Crippen MR) is 44.4 cm³/mol. The molecule has 0 saturated carbocycles. The standard InChI is InChI=1S/C7H11NO2Se/c1-2-4-11-5-3-6(8)7(9)10/h1,6H,3-5,8H2,(H,9,10)/t6-/m0/s1. The van der Waals surface area contributed by atoms with Crippen LogP contribution >= 0.6 is 0 Å². The molecule has 0 aliphatic carbocycles. The summed E-state index contributed by atoms with van der Waals surface area (Å²) in [6.45, 7) is 0. The summed E-state index contributed by atoms with van der Waals surface area (Å²) < 4.78 is 0. The first-order chi connectivity index (χ1) is 5.18. The third-order valence-electron chi connectivity index (χ3n) is 1.08. The molecule has 3 nitrogen and oxygen atoms in total. The Kier molecular flexibility index (Phi) is 5.96. The van der Waals surface area contributed by atoms with E-state index in [1.807, 2.05) is 0 Å². The first-order valence-electron chi connectivity index (χ1n) is 3.18. The fourth-order valence-corrected chi connectivity index (χ4v) is 1.90. The minimum absolute atomic E-state index is 0.363. The maximum absolute atomic E-state index is 10.2. The summed E-state index contributed by atoms with van der Waals surface area (Å²) in [5, 5.41) is 10.00. The maximum atomic E-state index is 10.2. The van der Waals surface area contributed by atoms with E-state index in [-0.39, 0.29) is 0 Å². The Morgan fingerprint density at radius 2 is 2.45 bits per heavy atom. The fourth-order valence-electron chi connectivity index (χ4n) is 0.465. The predicted octanol–water partition coefficient (Wildman–Crippen LogP) is -0.0376. The number of carbonyl (C=O) groups is 1. The summed E-state index contributed by atoms with van der Waals surface area (Å²) in [6, 6.07) is -0.713. The first-order valence-corrected chi connectivity index (χ1v) is 5.60. The summed E-state index contributed by atoms with van der Waals surface area (Å²) in [5.74, 6) is 1.58. The van der Waals surface area contributed by atoms with Gasteiger partial charge < -0.3 is 0 Å². The van der Waals surface area contributed by atoms with Crippen molar-refractivity contribution in [3.63, 3.8) is 0 Å². The third-order valence-corrected chi connectivity index (χ3v) is 2.95. The second-order valence-corrected chi connectivity index (χ2v) is 4.31. The van der Waals surface area contributed by atoms with Crippen LogP contribution in [-0.2, 0) is 4.79 Å². The van der Waals surface area contributed by atoms with Gasteiger partial charge in [-0.1, -0.05) is 0 Å². The third kappa shape index (κ3) is 5.93. The van der Waals surface area contributed by atoms with Crippen molar-refractivity contribution in [2.45, 2.75) is 23.1 Å². The number of rotatable bonds is 5. The van der Waals surface area contributed by atoms with Crippen LogP contribution in [0.2, 0.25) is 10.6 Å². The van der Waals surface area contributed by atoms with E-state index in [0.29, 0.717) is 21.4 Å². The molecule has 1 atom stereocenters. The van der Waals surface area contributed by atoms with E-state index in [4.69, 9.17) is 17.3 Å². The van der Waals surface area contributed by atoms with E-state index < -0.39 is 12.0 Å². The average Bonchev–Trinajstić information content (AvgIpc) is 1.97. The van der Waals surface area contributed by atoms with Crippen LogP contribution in [0.25, 0.3) is 0 Å². The zero-order valence-corrected chi connectivity index (χ0v) is 7.83. The van der Waals surface area contributed by atoms with E-state index in [0.717, 1.165) is 10.6 Å². The molecule has 0 amide bonds. The van der Waals surface area contributed by atoms with Gasteiger partial charge >= 0.3 is 72.0 Å². The number of terminal acetylenes is 1. The van der Waals surface area contributed by atoms with E-state index >= 15 is 0 Å². The fraction of sp³-hybridized carbons (Fsp3) is 0.571. The van der Waals surface area contributed by atoms with Crippen molar-refractivity contribution in [2.75, 3.05) is 0 Å². The minimum atomic E-state index is -0.929. The summed E-state index contributed by atoms with van der Waals surface area (Å²) in [6.07, 6.45) is 5.56. The Morgan fingerprint density at radius 3 is 2.91 bits per heavy atom. The van der Waals surface area contributed by atoms with Gasteiger partial charge in [0, 0.05) is 0 Å². The van der Waals surface area contributed by atoms with Crippen molar-refractivity contribution in [1.82, 2.24) is 0 Å². The molecule has 0 aromatic heterocycles. The Morgan fingerprint density at radius 1 is 1.82 bits per heavy atom. The molecule has 62 valence electrons. The van der Waals surface area contributed by atoms with Crippen molar-refractivity contribution in [3.8, 4) is 12.3 Å². The van der Waals surface area contributed by atoms with Crippen LogP contribution in [0.15, 0.2) is 0 Å². The van der Waals surface area contributed by atoms with Crippen LogP contribution < -0.4 is 5.73 Å². The molecule has 0 radical (unpaired) electrons. The molecule has 3 N–H and O–H groups in total. The van der Waals surface area contributed by atoms with Gasteiger partial charge in [0.15, 0.2) is 0 Å². The second-order valence-electron chi connectivity index (χ2n) is 1.99. The van der Waals surface area contributed by atoms with Crippen molar-refractivity contribution >= 4 is 20.9 Å². The normalized spacial score (nSPS) is 12.0. The average molecular weight is 220 g/mol. The quantitative estimate of drug-likeness (QED) is 0.388. The van der Waals surface area contributed by atoms with E-state index in [1.165, 1.54) is 0 Å². The summed E-state index contributed by atoms with van der Waals surface area (Å²) in [5.41, 5.74) is 5.26. The van der Waals surface area contributed by atoms with Gasteiger partial charge in [0.05, 0.1) is 0 Å². The SMILES string of the molecule is C#CC[Se]CC[C@H](N)C(=O)O. The van der Waals surface area contributed by atoms with Crippen molar-refractivity contribution < 1.29 is 9.90 Å². The van der Waals surface area contributed by atoms with Crippen LogP contribution in [0.1, 0.15) is 6.42 Å². The Labute approximate surface area is 72.5 Å². The molecule has 0 saturated heterocycles. The van der Waals surface area contributed by atoms with Crippen molar-refractivity contribution in [2.24, 2.45) is 5.73 Å². The van der Waals surface area contributed by atoms with Crippen LogP contribution in [0, 0.1) is 12.3 Å². The topological polar surface area (TPSA) is 63.3 Å².